The summed E-state index contributed by atoms with van der Waals surface area (Å²) in [5.74, 6) is -0.178. The first-order valence-corrected chi connectivity index (χ1v) is 2.10. The predicted molar refractivity (Wildman–Crippen MR) is 27.5 cm³/mol. The molecular weight excluding hydrogens is 114 g/mol. The van der Waals surface area contributed by atoms with Crippen LogP contribution in [0.2, 0.25) is 0 Å². The first-order chi connectivity index (χ1) is 3.39. The molecule has 38 valence electrons. The summed E-state index contributed by atoms with van der Waals surface area (Å²) in [5.41, 5.74) is 0. The van der Waals surface area contributed by atoms with Gasteiger partial charge in [0.05, 0.1) is 0 Å². The van der Waals surface area contributed by atoms with Crippen molar-refractivity contribution in [2.24, 2.45) is 0 Å². The molecule has 0 aliphatic heterocycles. The quantitative estimate of drug-likeness (QED) is 0.383. The van der Waals surface area contributed by atoms with Gasteiger partial charge in [-0.05, 0) is 12.1 Å². The zero-order chi connectivity index (χ0) is 5.11. The Balaban J connectivity index is 0. The Kier molecular flexibility index (Phi) is 4.15. The molecule has 0 unspecified atom stereocenters. The molecule has 0 fully saturated rings. The standard InChI is InChI=1S/C6H5F.Na.H/c7-6-4-2-1-3-5-6;;/h1-5H;;/q;+1;-1. The summed E-state index contributed by atoms with van der Waals surface area (Å²) >= 11 is 0. The van der Waals surface area contributed by atoms with Gasteiger partial charge in [0.15, 0.2) is 0 Å². The van der Waals surface area contributed by atoms with Crippen LogP contribution in [0.3, 0.4) is 0 Å². The van der Waals surface area contributed by atoms with Crippen molar-refractivity contribution in [3.8, 4) is 0 Å². The summed E-state index contributed by atoms with van der Waals surface area (Å²) < 4.78 is 11.9. The molecule has 0 atom stereocenters. The minimum atomic E-state index is -0.178. The summed E-state index contributed by atoms with van der Waals surface area (Å²) in [7, 11) is 0. The molecule has 0 nitrogen and oxygen atoms in total. The third-order valence-corrected chi connectivity index (χ3v) is 0.733. The largest absolute Gasteiger partial charge is 1.00 e. The molecule has 0 heterocycles. The van der Waals surface area contributed by atoms with Gasteiger partial charge in [-0.1, -0.05) is 18.2 Å². The van der Waals surface area contributed by atoms with Crippen LogP contribution < -0.4 is 29.6 Å². The number of hydrogen-bond donors (Lipinski definition) is 0. The van der Waals surface area contributed by atoms with Gasteiger partial charge in [-0.2, -0.15) is 0 Å². The Morgan fingerprint density at radius 2 is 1.62 bits per heavy atom. The summed E-state index contributed by atoms with van der Waals surface area (Å²) in [6.07, 6.45) is 0. The van der Waals surface area contributed by atoms with Gasteiger partial charge < -0.3 is 1.43 Å². The minimum absolute atomic E-state index is 0. The fourth-order valence-electron chi connectivity index (χ4n) is 0.415. The molecule has 2 heteroatoms. The maximum atomic E-state index is 11.9. The minimum Gasteiger partial charge on any atom is -1.00 e. The van der Waals surface area contributed by atoms with E-state index in [0.717, 1.165) is 0 Å². The van der Waals surface area contributed by atoms with E-state index in [1.165, 1.54) is 12.1 Å². The molecule has 1 aromatic rings. The molecule has 1 aromatic carbocycles. The molecule has 0 N–H and O–H groups in total. The number of hydrogen-bond acceptors (Lipinski definition) is 0. The van der Waals surface area contributed by atoms with Crippen LogP contribution in [0.1, 0.15) is 1.43 Å². The van der Waals surface area contributed by atoms with E-state index in [-0.39, 0.29) is 36.8 Å². The number of rotatable bonds is 0. The Morgan fingerprint density at radius 3 is 1.88 bits per heavy atom. The van der Waals surface area contributed by atoms with Crippen LogP contribution in [-0.4, -0.2) is 0 Å². The van der Waals surface area contributed by atoms with Gasteiger partial charge in [0.1, 0.15) is 5.82 Å². The van der Waals surface area contributed by atoms with Crippen molar-refractivity contribution >= 4 is 0 Å². The van der Waals surface area contributed by atoms with Crippen molar-refractivity contribution < 1.29 is 35.4 Å². The van der Waals surface area contributed by atoms with Gasteiger partial charge in [-0.3, -0.25) is 0 Å². The van der Waals surface area contributed by atoms with Crippen molar-refractivity contribution in [1.29, 1.82) is 0 Å². The molecule has 0 aliphatic rings. The van der Waals surface area contributed by atoms with Gasteiger partial charge in [-0.25, -0.2) is 4.39 Å². The second-order valence-electron chi connectivity index (χ2n) is 1.30. The Hall–Kier alpha value is 0.150. The van der Waals surface area contributed by atoms with Crippen LogP contribution in [0, 0.1) is 5.82 Å². The predicted octanol–water partition coefficient (Wildman–Crippen LogP) is -1.06. The van der Waals surface area contributed by atoms with E-state index < -0.39 is 0 Å². The van der Waals surface area contributed by atoms with Crippen molar-refractivity contribution in [1.82, 2.24) is 0 Å². The maximum absolute atomic E-state index is 11.9. The zero-order valence-corrected chi connectivity index (χ0v) is 6.76. The van der Waals surface area contributed by atoms with Crippen LogP contribution in [0.15, 0.2) is 30.3 Å². The second kappa shape index (κ2) is 4.07. The summed E-state index contributed by atoms with van der Waals surface area (Å²) in [4.78, 5) is 0. The van der Waals surface area contributed by atoms with Crippen molar-refractivity contribution in [2.45, 2.75) is 0 Å². The van der Waals surface area contributed by atoms with E-state index in [9.17, 15) is 4.39 Å². The molecule has 0 saturated heterocycles. The van der Waals surface area contributed by atoms with E-state index in [2.05, 4.69) is 0 Å². The normalized spacial score (nSPS) is 7.62. The first kappa shape index (κ1) is 8.15. The van der Waals surface area contributed by atoms with Gasteiger partial charge >= 0.3 is 29.6 Å². The maximum Gasteiger partial charge on any atom is 1.00 e. The molecule has 0 aliphatic carbocycles. The van der Waals surface area contributed by atoms with Crippen LogP contribution in [-0.2, 0) is 0 Å². The van der Waals surface area contributed by atoms with Gasteiger partial charge in [0.25, 0.3) is 0 Å². The molecule has 8 heavy (non-hydrogen) atoms. The molecule has 0 bridgehead atoms. The topological polar surface area (TPSA) is 0 Å². The molecule has 0 spiro atoms. The Labute approximate surface area is 71.5 Å². The zero-order valence-electron chi connectivity index (χ0n) is 5.76. The average molecular weight is 120 g/mol. The van der Waals surface area contributed by atoms with Crippen LogP contribution >= 0.6 is 0 Å². The number of halogens is 1. The summed E-state index contributed by atoms with van der Waals surface area (Å²) in [6, 6.07) is 7.94. The van der Waals surface area contributed by atoms with Crippen LogP contribution in [0.4, 0.5) is 4.39 Å². The third-order valence-electron chi connectivity index (χ3n) is 0.733. The van der Waals surface area contributed by atoms with E-state index in [0.29, 0.717) is 0 Å². The SMILES string of the molecule is Fc1ccccc1.[H-].[Na+]. The molecule has 0 saturated carbocycles. The molecule has 1 rings (SSSR count). The monoisotopic (exact) mass is 120 g/mol. The molecular formula is C6H6FNa. The molecule has 0 amide bonds. The fourth-order valence-corrected chi connectivity index (χ4v) is 0.415. The summed E-state index contributed by atoms with van der Waals surface area (Å²) in [6.45, 7) is 0. The van der Waals surface area contributed by atoms with E-state index >= 15 is 0 Å². The van der Waals surface area contributed by atoms with E-state index in [1.54, 1.807) is 18.2 Å². The fraction of sp³-hybridized carbons (Fsp3) is 0. The third kappa shape index (κ3) is 2.46. The first-order valence-electron chi connectivity index (χ1n) is 2.10. The second-order valence-corrected chi connectivity index (χ2v) is 1.30. The smallest absolute Gasteiger partial charge is 1.00 e. The van der Waals surface area contributed by atoms with E-state index in [4.69, 9.17) is 0 Å². The summed E-state index contributed by atoms with van der Waals surface area (Å²) in [5, 5.41) is 0. The van der Waals surface area contributed by atoms with Gasteiger partial charge in [0.2, 0.25) is 0 Å². The van der Waals surface area contributed by atoms with Gasteiger partial charge in [-0.15, -0.1) is 0 Å². The Bertz CT molecular complexity index is 143. The van der Waals surface area contributed by atoms with Crippen LogP contribution in [0.25, 0.3) is 0 Å². The number of benzene rings is 1. The van der Waals surface area contributed by atoms with Gasteiger partial charge in [0, 0.05) is 0 Å². The molecule has 0 aromatic heterocycles. The average Bonchev–Trinajstić information content (AvgIpc) is 1.69. The van der Waals surface area contributed by atoms with Crippen molar-refractivity contribution in [3.63, 3.8) is 0 Å². The van der Waals surface area contributed by atoms with E-state index in [1.807, 2.05) is 0 Å². The van der Waals surface area contributed by atoms with Crippen molar-refractivity contribution in [3.05, 3.63) is 36.1 Å². The molecule has 0 radical (unpaired) electrons. The Morgan fingerprint density at radius 1 is 1.12 bits per heavy atom. The van der Waals surface area contributed by atoms with Crippen molar-refractivity contribution in [2.75, 3.05) is 0 Å². The van der Waals surface area contributed by atoms with Crippen LogP contribution in [0.5, 0.6) is 0 Å².